The van der Waals surface area contributed by atoms with Gasteiger partial charge in [0.15, 0.2) is 12.6 Å². The van der Waals surface area contributed by atoms with Crippen molar-refractivity contribution in [2.75, 3.05) is 0 Å². The van der Waals surface area contributed by atoms with Crippen LogP contribution in [-0.2, 0) is 0 Å². The molecule has 0 aliphatic rings. The van der Waals surface area contributed by atoms with Crippen LogP contribution in [0.4, 0.5) is 0 Å². The minimum Gasteiger partial charge on any atom is -0.298 e. The molecular formula is C16H14O2S2. The van der Waals surface area contributed by atoms with Crippen molar-refractivity contribution in [3.8, 4) is 0 Å². The largest absolute Gasteiger partial charge is 0.298 e. The summed E-state index contributed by atoms with van der Waals surface area (Å²) in [5, 5.41) is 0. The molecule has 0 N–H and O–H groups in total. The maximum atomic E-state index is 11.0. The van der Waals surface area contributed by atoms with E-state index in [-0.39, 0.29) is 4.58 Å². The lowest BCUT2D eigenvalue weighted by atomic mass is 10.2. The van der Waals surface area contributed by atoms with Crippen LogP contribution in [0.1, 0.15) is 27.6 Å². The van der Waals surface area contributed by atoms with Gasteiger partial charge >= 0.3 is 0 Å². The van der Waals surface area contributed by atoms with Gasteiger partial charge < -0.3 is 0 Å². The molecule has 0 unspecified atom stereocenters. The summed E-state index contributed by atoms with van der Waals surface area (Å²) < 4.78 is 0.206. The molecule has 2 nitrogen and oxygen atoms in total. The minimum atomic E-state index is 0.206. The average molecular weight is 302 g/mol. The molecule has 0 aliphatic carbocycles. The Labute approximate surface area is 127 Å². The molecule has 102 valence electrons. The summed E-state index contributed by atoms with van der Waals surface area (Å²) in [7, 11) is 0. The van der Waals surface area contributed by atoms with Gasteiger partial charge in [0.25, 0.3) is 0 Å². The molecule has 2 aromatic rings. The third-order valence-electron chi connectivity index (χ3n) is 2.68. The van der Waals surface area contributed by atoms with E-state index in [1.165, 1.54) is 0 Å². The Hall–Kier alpha value is -1.52. The Morgan fingerprint density at radius 2 is 1.20 bits per heavy atom. The third kappa shape index (κ3) is 3.74. The second-order valence-electron chi connectivity index (χ2n) is 4.11. The molecule has 0 heterocycles. The summed E-state index contributed by atoms with van der Waals surface area (Å²) in [4.78, 5) is 23.9. The predicted octanol–water partition coefficient (Wildman–Crippen LogP) is 4.54. The van der Waals surface area contributed by atoms with Gasteiger partial charge in [-0.25, -0.2) is 0 Å². The highest BCUT2D eigenvalue weighted by molar-refractivity contribution is 8.17. The second-order valence-corrected chi connectivity index (χ2v) is 7.18. The Balaban J connectivity index is 2.11. The molecule has 20 heavy (non-hydrogen) atoms. The number of thioether (sulfide) groups is 2. The quantitative estimate of drug-likeness (QED) is 0.445. The monoisotopic (exact) mass is 302 g/mol. The fraction of sp³-hybridized carbons (Fsp3) is 0.125. The van der Waals surface area contributed by atoms with Crippen LogP contribution in [0.2, 0.25) is 0 Å². The number of carbonyl (C=O) groups is 2. The Bertz CT molecular complexity index is 557. The molecule has 0 spiro atoms. The van der Waals surface area contributed by atoms with E-state index in [1.54, 1.807) is 23.5 Å². The van der Waals surface area contributed by atoms with Crippen molar-refractivity contribution in [2.24, 2.45) is 0 Å². The lowest BCUT2D eigenvalue weighted by molar-refractivity contribution is 0.111. The zero-order chi connectivity index (χ0) is 14.4. The smallest absolute Gasteiger partial charge is 0.151 e. The van der Waals surface area contributed by atoms with Gasteiger partial charge in [0.2, 0.25) is 0 Å². The number of benzene rings is 2. The molecule has 2 rings (SSSR count). The van der Waals surface area contributed by atoms with Crippen molar-refractivity contribution in [3.63, 3.8) is 0 Å². The van der Waals surface area contributed by atoms with Crippen LogP contribution >= 0.6 is 23.5 Å². The van der Waals surface area contributed by atoms with E-state index < -0.39 is 0 Å². The molecule has 0 atom stereocenters. The average Bonchev–Trinajstić information content (AvgIpc) is 2.48. The first kappa shape index (κ1) is 14.9. The predicted molar refractivity (Wildman–Crippen MR) is 84.8 cm³/mol. The number of hydrogen-bond acceptors (Lipinski definition) is 4. The Morgan fingerprint density at radius 3 is 1.60 bits per heavy atom. The van der Waals surface area contributed by atoms with Crippen molar-refractivity contribution in [1.29, 1.82) is 0 Å². The van der Waals surface area contributed by atoms with Gasteiger partial charge in [0.05, 0.1) is 4.58 Å². The molecule has 0 aliphatic heterocycles. The first-order chi connectivity index (χ1) is 9.74. The highest BCUT2D eigenvalue weighted by Gasteiger charge is 2.11. The van der Waals surface area contributed by atoms with Gasteiger partial charge in [-0.05, 0) is 19.1 Å². The molecule has 0 saturated heterocycles. The zero-order valence-electron chi connectivity index (χ0n) is 11.0. The molecule has 0 radical (unpaired) electrons. The van der Waals surface area contributed by atoms with E-state index in [0.717, 1.165) is 22.4 Å². The summed E-state index contributed by atoms with van der Waals surface area (Å²) in [5.41, 5.74) is 1.40. The molecule has 0 fully saturated rings. The number of carbonyl (C=O) groups excluding carboxylic acids is 2. The third-order valence-corrected chi connectivity index (χ3v) is 5.17. The molecule has 4 heteroatoms. The van der Waals surface area contributed by atoms with E-state index in [0.29, 0.717) is 11.1 Å². The van der Waals surface area contributed by atoms with Gasteiger partial charge in [-0.15, -0.1) is 23.5 Å². The van der Waals surface area contributed by atoms with Crippen molar-refractivity contribution in [2.45, 2.75) is 21.3 Å². The van der Waals surface area contributed by atoms with Crippen molar-refractivity contribution >= 4 is 36.1 Å². The number of rotatable bonds is 6. The molecule has 2 aromatic carbocycles. The van der Waals surface area contributed by atoms with Crippen LogP contribution in [0, 0.1) is 0 Å². The van der Waals surface area contributed by atoms with E-state index in [2.05, 4.69) is 6.92 Å². The van der Waals surface area contributed by atoms with E-state index in [9.17, 15) is 9.59 Å². The van der Waals surface area contributed by atoms with Crippen molar-refractivity contribution in [1.82, 2.24) is 0 Å². The molecule has 0 bridgehead atoms. The van der Waals surface area contributed by atoms with Crippen LogP contribution < -0.4 is 0 Å². The SMILES string of the molecule is CC(Sc1ccccc1C=O)Sc1ccccc1C=O. The van der Waals surface area contributed by atoms with Crippen LogP contribution in [0.25, 0.3) is 0 Å². The van der Waals surface area contributed by atoms with Gasteiger partial charge in [0.1, 0.15) is 0 Å². The van der Waals surface area contributed by atoms with Crippen molar-refractivity contribution < 1.29 is 9.59 Å². The molecule has 0 aromatic heterocycles. The first-order valence-electron chi connectivity index (χ1n) is 6.16. The Morgan fingerprint density at radius 1 is 0.800 bits per heavy atom. The maximum absolute atomic E-state index is 11.0. The standard InChI is InChI=1S/C16H14O2S2/c1-12(19-15-8-4-2-6-13(15)10-17)20-16-9-5-3-7-14(16)11-18/h2-12H,1H3. The van der Waals surface area contributed by atoms with E-state index in [4.69, 9.17) is 0 Å². The fourth-order valence-electron chi connectivity index (χ4n) is 1.75. The molecule has 0 amide bonds. The van der Waals surface area contributed by atoms with Gasteiger partial charge in [-0.3, -0.25) is 9.59 Å². The molecular weight excluding hydrogens is 288 g/mol. The van der Waals surface area contributed by atoms with Crippen molar-refractivity contribution in [3.05, 3.63) is 59.7 Å². The summed E-state index contributed by atoms with van der Waals surface area (Å²) in [6, 6.07) is 15.1. The fourth-order valence-corrected chi connectivity index (χ4v) is 4.10. The van der Waals surface area contributed by atoms with Gasteiger partial charge in [0, 0.05) is 20.9 Å². The highest BCUT2D eigenvalue weighted by Crippen LogP contribution is 2.37. The lowest BCUT2D eigenvalue weighted by Crippen LogP contribution is -1.94. The van der Waals surface area contributed by atoms with Crippen LogP contribution in [0.5, 0.6) is 0 Å². The first-order valence-corrected chi connectivity index (χ1v) is 7.92. The Kier molecular flexibility index (Phi) is 5.44. The summed E-state index contributed by atoms with van der Waals surface area (Å²) in [6.45, 7) is 2.07. The highest BCUT2D eigenvalue weighted by atomic mass is 32.2. The summed E-state index contributed by atoms with van der Waals surface area (Å²) >= 11 is 3.25. The van der Waals surface area contributed by atoms with E-state index in [1.807, 2.05) is 48.5 Å². The summed E-state index contributed by atoms with van der Waals surface area (Å²) in [6.07, 6.45) is 1.75. The van der Waals surface area contributed by atoms with Crippen LogP contribution in [0.3, 0.4) is 0 Å². The topological polar surface area (TPSA) is 34.1 Å². The van der Waals surface area contributed by atoms with Crippen LogP contribution in [0.15, 0.2) is 58.3 Å². The maximum Gasteiger partial charge on any atom is 0.151 e. The van der Waals surface area contributed by atoms with Gasteiger partial charge in [-0.2, -0.15) is 0 Å². The minimum absolute atomic E-state index is 0.206. The number of hydrogen-bond donors (Lipinski definition) is 0. The lowest BCUT2D eigenvalue weighted by Gasteiger charge is -2.13. The van der Waals surface area contributed by atoms with Crippen LogP contribution in [-0.4, -0.2) is 17.2 Å². The normalized spacial score (nSPS) is 10.5. The zero-order valence-corrected chi connectivity index (χ0v) is 12.6. The van der Waals surface area contributed by atoms with E-state index >= 15 is 0 Å². The summed E-state index contributed by atoms with van der Waals surface area (Å²) in [5.74, 6) is 0. The van der Waals surface area contributed by atoms with Gasteiger partial charge in [-0.1, -0.05) is 36.4 Å². The molecule has 0 saturated carbocycles. The number of aldehydes is 2. The second kappa shape index (κ2) is 7.31.